The first-order valence-corrected chi connectivity index (χ1v) is 4.30. The predicted molar refractivity (Wildman–Crippen MR) is 48.4 cm³/mol. The van der Waals surface area contributed by atoms with Crippen molar-refractivity contribution in [2.24, 2.45) is 0 Å². The van der Waals surface area contributed by atoms with Crippen LogP contribution in [0.2, 0.25) is 0 Å². The molecular weight excluding hydrogens is 208 g/mol. The fraction of sp³-hybridized carbons (Fsp3) is 0.333. The normalized spacial score (nSPS) is 10.3. The SMILES string of the molecule is O=[N+]([O-])c1ccc(F)c(CCCO)c1F. The number of hydrogen-bond donors (Lipinski definition) is 1. The van der Waals surface area contributed by atoms with Crippen molar-refractivity contribution in [1.29, 1.82) is 0 Å². The van der Waals surface area contributed by atoms with Gasteiger partial charge in [-0.15, -0.1) is 0 Å². The lowest BCUT2D eigenvalue weighted by atomic mass is 10.1. The van der Waals surface area contributed by atoms with E-state index >= 15 is 0 Å². The molecule has 0 saturated carbocycles. The van der Waals surface area contributed by atoms with Gasteiger partial charge in [0.15, 0.2) is 0 Å². The van der Waals surface area contributed by atoms with Crippen molar-refractivity contribution < 1.29 is 18.8 Å². The number of halogens is 2. The molecular formula is C9H9F2NO3. The maximum absolute atomic E-state index is 13.3. The molecule has 0 aliphatic carbocycles. The van der Waals surface area contributed by atoms with E-state index < -0.39 is 22.2 Å². The van der Waals surface area contributed by atoms with E-state index in [1.54, 1.807) is 0 Å². The molecule has 0 aromatic heterocycles. The van der Waals surface area contributed by atoms with Gasteiger partial charge < -0.3 is 5.11 Å². The van der Waals surface area contributed by atoms with E-state index in [0.29, 0.717) is 0 Å². The minimum atomic E-state index is -1.16. The van der Waals surface area contributed by atoms with Crippen molar-refractivity contribution in [3.63, 3.8) is 0 Å². The summed E-state index contributed by atoms with van der Waals surface area (Å²) in [4.78, 5) is 9.45. The van der Waals surface area contributed by atoms with Gasteiger partial charge in [-0.1, -0.05) is 0 Å². The van der Waals surface area contributed by atoms with Crippen molar-refractivity contribution in [3.05, 3.63) is 39.4 Å². The number of hydrogen-bond acceptors (Lipinski definition) is 3. The van der Waals surface area contributed by atoms with Gasteiger partial charge in [0.2, 0.25) is 5.82 Å². The van der Waals surface area contributed by atoms with Crippen molar-refractivity contribution >= 4 is 5.69 Å². The second kappa shape index (κ2) is 4.79. The quantitative estimate of drug-likeness (QED) is 0.617. The molecule has 0 fully saturated rings. The minimum Gasteiger partial charge on any atom is -0.396 e. The molecule has 0 atom stereocenters. The molecule has 0 radical (unpaired) electrons. The standard InChI is InChI=1S/C9H9F2NO3/c10-7-3-4-8(12(14)15)9(11)6(7)2-1-5-13/h3-4,13H,1-2,5H2. The highest BCUT2D eigenvalue weighted by Gasteiger charge is 2.20. The zero-order chi connectivity index (χ0) is 11.4. The Morgan fingerprint density at radius 3 is 2.60 bits per heavy atom. The lowest BCUT2D eigenvalue weighted by molar-refractivity contribution is -0.387. The number of nitrogens with zero attached hydrogens (tertiary/aromatic N) is 1. The molecule has 1 aromatic carbocycles. The number of benzene rings is 1. The Bertz CT molecular complexity index is 382. The summed E-state index contributed by atoms with van der Waals surface area (Å²) in [6.45, 7) is -0.221. The summed E-state index contributed by atoms with van der Waals surface area (Å²) in [5.41, 5.74) is -1.09. The van der Waals surface area contributed by atoms with Gasteiger partial charge in [-0.05, 0) is 18.9 Å². The summed E-state index contributed by atoms with van der Waals surface area (Å²) in [5.74, 6) is -1.99. The molecule has 1 N–H and O–H groups in total. The molecule has 0 spiro atoms. The first-order chi connectivity index (χ1) is 7.07. The van der Waals surface area contributed by atoms with Crippen LogP contribution < -0.4 is 0 Å². The third kappa shape index (κ3) is 2.47. The fourth-order valence-corrected chi connectivity index (χ4v) is 1.21. The number of aliphatic hydroxyl groups excluding tert-OH is 1. The molecule has 6 heteroatoms. The zero-order valence-electron chi connectivity index (χ0n) is 7.74. The number of nitro groups is 1. The highest BCUT2D eigenvalue weighted by molar-refractivity contribution is 5.37. The topological polar surface area (TPSA) is 63.4 Å². The molecule has 1 aromatic rings. The second-order valence-electron chi connectivity index (χ2n) is 2.94. The van der Waals surface area contributed by atoms with Gasteiger partial charge in [0, 0.05) is 18.2 Å². The molecule has 15 heavy (non-hydrogen) atoms. The molecule has 1 rings (SSSR count). The lowest BCUT2D eigenvalue weighted by Crippen LogP contribution is -2.02. The molecule has 0 saturated heterocycles. The molecule has 0 heterocycles. The van der Waals surface area contributed by atoms with E-state index in [9.17, 15) is 18.9 Å². The Morgan fingerprint density at radius 1 is 1.40 bits per heavy atom. The van der Waals surface area contributed by atoms with Crippen molar-refractivity contribution in [1.82, 2.24) is 0 Å². The maximum Gasteiger partial charge on any atom is 0.305 e. The average Bonchev–Trinajstić information content (AvgIpc) is 2.17. The van der Waals surface area contributed by atoms with Gasteiger partial charge in [0.05, 0.1) is 4.92 Å². The van der Waals surface area contributed by atoms with Crippen molar-refractivity contribution in [3.8, 4) is 0 Å². The van der Waals surface area contributed by atoms with Crippen LogP contribution in [0.4, 0.5) is 14.5 Å². The minimum absolute atomic E-state index is 0.0597. The van der Waals surface area contributed by atoms with Gasteiger partial charge in [-0.2, -0.15) is 4.39 Å². The molecule has 0 amide bonds. The van der Waals surface area contributed by atoms with Gasteiger partial charge in [-0.25, -0.2) is 4.39 Å². The fourth-order valence-electron chi connectivity index (χ4n) is 1.21. The van der Waals surface area contributed by atoms with Crippen LogP contribution >= 0.6 is 0 Å². The van der Waals surface area contributed by atoms with Crippen LogP contribution in [-0.4, -0.2) is 16.6 Å². The molecule has 0 bridgehead atoms. The Balaban J connectivity index is 3.12. The second-order valence-corrected chi connectivity index (χ2v) is 2.94. The van der Waals surface area contributed by atoms with Crippen LogP contribution in [0.1, 0.15) is 12.0 Å². The molecule has 82 valence electrons. The van der Waals surface area contributed by atoms with E-state index in [0.717, 1.165) is 12.1 Å². The van der Waals surface area contributed by atoms with Crippen LogP contribution in [0.25, 0.3) is 0 Å². The van der Waals surface area contributed by atoms with Crippen molar-refractivity contribution in [2.45, 2.75) is 12.8 Å². The molecule has 0 aliphatic rings. The van der Waals surface area contributed by atoms with Crippen LogP contribution in [0.5, 0.6) is 0 Å². The molecule has 4 nitrogen and oxygen atoms in total. The van der Waals surface area contributed by atoms with Gasteiger partial charge in [0.25, 0.3) is 0 Å². The summed E-state index contributed by atoms with van der Waals surface area (Å²) in [6.07, 6.45) is 0.102. The van der Waals surface area contributed by atoms with Crippen LogP contribution in [0.3, 0.4) is 0 Å². The van der Waals surface area contributed by atoms with E-state index in [1.807, 2.05) is 0 Å². The summed E-state index contributed by atoms with van der Waals surface area (Å²) in [5, 5.41) is 18.9. The van der Waals surface area contributed by atoms with Gasteiger partial charge in [0.1, 0.15) is 5.82 Å². The highest BCUT2D eigenvalue weighted by Crippen LogP contribution is 2.23. The average molecular weight is 217 g/mol. The third-order valence-corrected chi connectivity index (χ3v) is 1.95. The van der Waals surface area contributed by atoms with E-state index in [2.05, 4.69) is 0 Å². The van der Waals surface area contributed by atoms with Crippen LogP contribution in [0, 0.1) is 21.7 Å². The number of rotatable bonds is 4. The van der Waals surface area contributed by atoms with E-state index in [-0.39, 0.29) is 25.0 Å². The van der Waals surface area contributed by atoms with Crippen LogP contribution in [-0.2, 0) is 6.42 Å². The summed E-state index contributed by atoms with van der Waals surface area (Å²) < 4.78 is 26.4. The third-order valence-electron chi connectivity index (χ3n) is 1.95. The summed E-state index contributed by atoms with van der Waals surface area (Å²) >= 11 is 0. The van der Waals surface area contributed by atoms with Crippen LogP contribution in [0.15, 0.2) is 12.1 Å². The maximum atomic E-state index is 13.3. The Hall–Kier alpha value is -1.56. The van der Waals surface area contributed by atoms with E-state index in [4.69, 9.17) is 5.11 Å². The first kappa shape index (κ1) is 11.5. The van der Waals surface area contributed by atoms with Gasteiger partial charge >= 0.3 is 5.69 Å². The summed E-state index contributed by atoms with van der Waals surface area (Å²) in [6, 6.07) is 1.64. The predicted octanol–water partition coefficient (Wildman–Crippen LogP) is 1.80. The largest absolute Gasteiger partial charge is 0.396 e. The van der Waals surface area contributed by atoms with Gasteiger partial charge in [-0.3, -0.25) is 10.1 Å². The lowest BCUT2D eigenvalue weighted by Gasteiger charge is -2.03. The zero-order valence-corrected chi connectivity index (χ0v) is 7.74. The van der Waals surface area contributed by atoms with Crippen molar-refractivity contribution in [2.75, 3.05) is 6.61 Å². The summed E-state index contributed by atoms with van der Waals surface area (Å²) in [7, 11) is 0. The smallest absolute Gasteiger partial charge is 0.305 e. The number of aliphatic hydroxyl groups is 1. The highest BCUT2D eigenvalue weighted by atomic mass is 19.1. The first-order valence-electron chi connectivity index (χ1n) is 4.30. The Morgan fingerprint density at radius 2 is 2.07 bits per heavy atom. The molecule has 0 aliphatic heterocycles. The number of nitro benzene ring substituents is 1. The molecule has 0 unspecified atom stereocenters. The Kier molecular flexibility index (Phi) is 3.68. The van der Waals surface area contributed by atoms with E-state index in [1.165, 1.54) is 0 Å². The Labute approximate surface area is 84.3 Å². The monoisotopic (exact) mass is 217 g/mol.